The summed E-state index contributed by atoms with van der Waals surface area (Å²) in [7, 11) is 0. The van der Waals surface area contributed by atoms with Crippen LogP contribution in [0.2, 0.25) is 0 Å². The lowest BCUT2D eigenvalue weighted by Crippen LogP contribution is -2.43. The van der Waals surface area contributed by atoms with Crippen molar-refractivity contribution in [2.75, 3.05) is 0 Å². The molecule has 0 saturated heterocycles. The van der Waals surface area contributed by atoms with E-state index < -0.39 is 5.97 Å². The highest BCUT2D eigenvalue weighted by Crippen LogP contribution is 2.28. The van der Waals surface area contributed by atoms with E-state index in [2.05, 4.69) is 41.4 Å². The number of aliphatic carboxylic acids is 1. The van der Waals surface area contributed by atoms with Gasteiger partial charge in [-0.15, -0.1) is 0 Å². The highest BCUT2D eigenvalue weighted by atomic mass is 16.5. The molecule has 0 amide bonds. The molecule has 1 aromatic heterocycles. The SMILES string of the molecule is CC(C)Cc1ccc(-c2noc(-c3ccc(CN[C@H]4C[C@@H](C(=O)O)C4)cc3)n2)cc1. The van der Waals surface area contributed by atoms with Crippen LogP contribution in [0.5, 0.6) is 0 Å². The average molecular weight is 405 g/mol. The minimum absolute atomic E-state index is 0.192. The predicted octanol–water partition coefficient (Wildman–Crippen LogP) is 4.55. The van der Waals surface area contributed by atoms with Crippen molar-refractivity contribution in [3.05, 3.63) is 59.7 Å². The number of carbonyl (C=O) groups is 1. The molecule has 2 N–H and O–H groups in total. The Kier molecular flexibility index (Phi) is 5.95. The number of rotatable bonds is 8. The summed E-state index contributed by atoms with van der Waals surface area (Å²) in [6, 6.07) is 16.6. The van der Waals surface area contributed by atoms with Gasteiger partial charge >= 0.3 is 5.97 Å². The summed E-state index contributed by atoms with van der Waals surface area (Å²) in [6.07, 6.45) is 2.47. The van der Waals surface area contributed by atoms with Gasteiger partial charge in [0, 0.05) is 23.7 Å². The second-order valence-electron chi connectivity index (χ2n) is 8.50. The van der Waals surface area contributed by atoms with Gasteiger partial charge in [-0.1, -0.05) is 55.4 Å². The maximum atomic E-state index is 10.9. The molecule has 0 spiro atoms. The van der Waals surface area contributed by atoms with Gasteiger partial charge in [0.1, 0.15) is 0 Å². The predicted molar refractivity (Wildman–Crippen MR) is 115 cm³/mol. The molecule has 1 aliphatic carbocycles. The van der Waals surface area contributed by atoms with E-state index in [1.807, 2.05) is 36.4 Å². The average Bonchev–Trinajstić information content (AvgIpc) is 3.17. The van der Waals surface area contributed by atoms with Crippen LogP contribution in [-0.2, 0) is 17.8 Å². The molecule has 1 fully saturated rings. The van der Waals surface area contributed by atoms with Crippen LogP contribution in [-0.4, -0.2) is 27.3 Å². The molecule has 0 atom stereocenters. The van der Waals surface area contributed by atoms with Crippen LogP contribution in [0.25, 0.3) is 22.8 Å². The zero-order valence-corrected chi connectivity index (χ0v) is 17.3. The van der Waals surface area contributed by atoms with E-state index in [4.69, 9.17) is 9.63 Å². The van der Waals surface area contributed by atoms with Crippen LogP contribution in [0.3, 0.4) is 0 Å². The van der Waals surface area contributed by atoms with Crippen LogP contribution < -0.4 is 5.32 Å². The van der Waals surface area contributed by atoms with Crippen LogP contribution in [0, 0.1) is 11.8 Å². The Hall–Kier alpha value is -2.99. The Bertz CT molecular complexity index is 987. The molecule has 3 aromatic rings. The third-order valence-corrected chi connectivity index (χ3v) is 5.57. The van der Waals surface area contributed by atoms with Crippen molar-refractivity contribution in [3.8, 4) is 22.8 Å². The fraction of sp³-hybridized carbons (Fsp3) is 0.375. The van der Waals surface area contributed by atoms with E-state index in [-0.39, 0.29) is 12.0 Å². The maximum absolute atomic E-state index is 10.9. The number of hydrogen-bond donors (Lipinski definition) is 2. The molecule has 6 nitrogen and oxygen atoms in total. The third kappa shape index (κ3) is 4.76. The van der Waals surface area contributed by atoms with E-state index in [1.165, 1.54) is 5.56 Å². The van der Waals surface area contributed by atoms with Crippen LogP contribution in [0.4, 0.5) is 0 Å². The van der Waals surface area contributed by atoms with Crippen molar-refractivity contribution in [1.29, 1.82) is 0 Å². The maximum Gasteiger partial charge on any atom is 0.306 e. The Labute approximate surface area is 176 Å². The van der Waals surface area contributed by atoms with Crippen molar-refractivity contribution in [3.63, 3.8) is 0 Å². The Morgan fingerprint density at radius 3 is 2.33 bits per heavy atom. The fourth-order valence-electron chi connectivity index (χ4n) is 3.73. The molecule has 1 aliphatic rings. The van der Waals surface area contributed by atoms with Gasteiger partial charge in [0.05, 0.1) is 5.92 Å². The summed E-state index contributed by atoms with van der Waals surface area (Å²) in [5, 5.41) is 16.5. The molecule has 0 bridgehead atoms. The molecule has 156 valence electrons. The number of benzene rings is 2. The van der Waals surface area contributed by atoms with E-state index in [1.54, 1.807) is 0 Å². The normalized spacial score (nSPS) is 18.4. The minimum Gasteiger partial charge on any atom is -0.481 e. The van der Waals surface area contributed by atoms with Crippen LogP contribution in [0.15, 0.2) is 53.1 Å². The summed E-state index contributed by atoms with van der Waals surface area (Å²) in [5.74, 6) is 0.830. The molecule has 30 heavy (non-hydrogen) atoms. The van der Waals surface area contributed by atoms with Gasteiger partial charge in [0.15, 0.2) is 0 Å². The van der Waals surface area contributed by atoms with Crippen LogP contribution in [0.1, 0.15) is 37.8 Å². The first-order valence-electron chi connectivity index (χ1n) is 10.5. The molecule has 4 rings (SSSR count). The molecular formula is C24H27N3O3. The quantitative estimate of drug-likeness (QED) is 0.571. The molecule has 1 heterocycles. The molecule has 1 saturated carbocycles. The number of aromatic nitrogens is 2. The second-order valence-corrected chi connectivity index (χ2v) is 8.50. The number of carboxylic acid groups (broad SMARTS) is 1. The Morgan fingerprint density at radius 1 is 1.07 bits per heavy atom. The molecule has 0 unspecified atom stereocenters. The lowest BCUT2D eigenvalue weighted by Gasteiger charge is -2.33. The Morgan fingerprint density at radius 2 is 1.70 bits per heavy atom. The molecule has 0 radical (unpaired) electrons. The second kappa shape index (κ2) is 8.79. The van der Waals surface area contributed by atoms with Crippen molar-refractivity contribution in [2.45, 2.75) is 45.7 Å². The number of nitrogens with zero attached hydrogens (tertiary/aromatic N) is 2. The van der Waals surface area contributed by atoms with Gasteiger partial charge in [0.2, 0.25) is 5.82 Å². The first-order chi connectivity index (χ1) is 14.5. The van der Waals surface area contributed by atoms with Crippen molar-refractivity contribution >= 4 is 5.97 Å². The largest absolute Gasteiger partial charge is 0.481 e. The van der Waals surface area contributed by atoms with Gasteiger partial charge in [0.25, 0.3) is 5.89 Å². The molecule has 6 heteroatoms. The highest BCUT2D eigenvalue weighted by molar-refractivity contribution is 5.71. The van der Waals surface area contributed by atoms with Gasteiger partial charge in [-0.2, -0.15) is 4.98 Å². The van der Waals surface area contributed by atoms with E-state index in [0.29, 0.717) is 30.5 Å². The van der Waals surface area contributed by atoms with Crippen LogP contribution >= 0.6 is 0 Å². The number of hydrogen-bond acceptors (Lipinski definition) is 5. The third-order valence-electron chi connectivity index (χ3n) is 5.57. The summed E-state index contributed by atoms with van der Waals surface area (Å²) < 4.78 is 5.47. The number of carboxylic acids is 1. The Balaban J connectivity index is 1.35. The summed E-state index contributed by atoms with van der Waals surface area (Å²) in [4.78, 5) is 15.4. The minimum atomic E-state index is -0.692. The zero-order valence-electron chi connectivity index (χ0n) is 17.3. The standard InChI is InChI=1S/C24H27N3O3/c1-15(2)11-16-3-7-18(8-4-16)22-26-23(30-27-22)19-9-5-17(6-10-19)14-25-21-12-20(13-21)24(28)29/h3-10,15,20-21,25H,11-14H2,1-2H3,(H,28,29)/t20-,21+. The highest BCUT2D eigenvalue weighted by Gasteiger charge is 2.33. The fourth-order valence-corrected chi connectivity index (χ4v) is 3.73. The van der Waals surface area contributed by atoms with Gasteiger partial charge in [-0.25, -0.2) is 0 Å². The van der Waals surface area contributed by atoms with E-state index in [9.17, 15) is 4.79 Å². The zero-order chi connectivity index (χ0) is 21.1. The first-order valence-corrected chi connectivity index (χ1v) is 10.5. The van der Waals surface area contributed by atoms with Crippen molar-refractivity contribution in [1.82, 2.24) is 15.5 Å². The summed E-state index contributed by atoms with van der Waals surface area (Å²) in [5.41, 5.74) is 4.27. The first kappa shape index (κ1) is 20.3. The molecule has 0 aliphatic heterocycles. The summed E-state index contributed by atoms with van der Waals surface area (Å²) in [6.45, 7) is 5.14. The molecular weight excluding hydrogens is 378 g/mol. The topological polar surface area (TPSA) is 88.2 Å². The van der Waals surface area contributed by atoms with E-state index >= 15 is 0 Å². The van der Waals surface area contributed by atoms with Gasteiger partial charge in [-0.3, -0.25) is 4.79 Å². The number of nitrogens with one attached hydrogen (secondary N) is 1. The molecule has 2 aromatic carbocycles. The smallest absolute Gasteiger partial charge is 0.306 e. The monoisotopic (exact) mass is 405 g/mol. The van der Waals surface area contributed by atoms with Crippen molar-refractivity contribution in [2.24, 2.45) is 11.8 Å². The van der Waals surface area contributed by atoms with E-state index in [0.717, 1.165) is 29.7 Å². The lowest BCUT2D eigenvalue weighted by molar-refractivity contribution is -0.145. The van der Waals surface area contributed by atoms with Gasteiger partial charge in [-0.05, 0) is 48.4 Å². The lowest BCUT2D eigenvalue weighted by atomic mass is 9.80. The summed E-state index contributed by atoms with van der Waals surface area (Å²) >= 11 is 0. The van der Waals surface area contributed by atoms with Gasteiger partial charge < -0.3 is 14.9 Å². The van der Waals surface area contributed by atoms with Crippen molar-refractivity contribution < 1.29 is 14.4 Å².